The molecule has 124 valence electrons. The zero-order valence-corrected chi connectivity index (χ0v) is 13.4. The quantitative estimate of drug-likeness (QED) is 0.798. The lowest BCUT2D eigenvalue weighted by Crippen LogP contribution is -2.18. The Balaban J connectivity index is 1.58. The second-order valence-electron chi connectivity index (χ2n) is 6.24. The summed E-state index contributed by atoms with van der Waals surface area (Å²) in [5.41, 5.74) is 7.36. The van der Waals surface area contributed by atoms with Crippen LogP contribution in [0, 0.1) is 5.82 Å². The molecule has 0 aliphatic carbocycles. The molecule has 0 bridgehead atoms. The third-order valence-electron chi connectivity index (χ3n) is 4.83. The monoisotopic (exact) mass is 326 g/mol. The van der Waals surface area contributed by atoms with Gasteiger partial charge in [-0.15, -0.1) is 0 Å². The highest BCUT2D eigenvalue weighted by Crippen LogP contribution is 2.38. The number of nitrogen functional groups attached to an aromatic ring is 1. The van der Waals surface area contributed by atoms with Crippen molar-refractivity contribution in [1.82, 2.24) is 14.5 Å². The largest absolute Gasteiger partial charge is 0.383 e. The molecular weight excluding hydrogens is 307 g/mol. The van der Waals surface area contributed by atoms with Crippen LogP contribution in [0.2, 0.25) is 0 Å². The molecule has 3 atom stereocenters. The highest BCUT2D eigenvalue weighted by molar-refractivity contribution is 5.86. The first-order valence-corrected chi connectivity index (χ1v) is 8.12. The van der Waals surface area contributed by atoms with Gasteiger partial charge < -0.3 is 15.0 Å². The van der Waals surface area contributed by atoms with Crippen molar-refractivity contribution in [1.29, 1.82) is 0 Å². The van der Waals surface area contributed by atoms with E-state index >= 15 is 0 Å². The minimum absolute atomic E-state index is 0.00211. The number of hydrogen-bond acceptors (Lipinski definition) is 4. The maximum absolute atomic E-state index is 14.0. The zero-order valence-electron chi connectivity index (χ0n) is 13.4. The van der Waals surface area contributed by atoms with E-state index in [1.807, 2.05) is 35.9 Å². The Bertz CT molecular complexity index is 878. The number of benzene rings is 1. The topological polar surface area (TPSA) is 66.0 Å². The fourth-order valence-electron chi connectivity index (χ4n) is 3.48. The van der Waals surface area contributed by atoms with E-state index < -0.39 is 0 Å². The van der Waals surface area contributed by atoms with E-state index in [-0.39, 0.29) is 24.1 Å². The predicted octanol–water partition coefficient (Wildman–Crippen LogP) is 3.63. The van der Waals surface area contributed by atoms with Gasteiger partial charge in [0.05, 0.1) is 11.5 Å². The molecule has 0 saturated carbocycles. The van der Waals surface area contributed by atoms with Crippen LogP contribution in [-0.4, -0.2) is 20.6 Å². The van der Waals surface area contributed by atoms with Crippen molar-refractivity contribution in [3.8, 4) is 0 Å². The van der Waals surface area contributed by atoms with Gasteiger partial charge in [0.2, 0.25) is 0 Å². The molecule has 2 N–H and O–H groups in total. The molecule has 0 spiro atoms. The van der Waals surface area contributed by atoms with E-state index in [0.717, 1.165) is 23.9 Å². The van der Waals surface area contributed by atoms with Crippen LogP contribution < -0.4 is 5.73 Å². The summed E-state index contributed by atoms with van der Waals surface area (Å²) < 4.78 is 22.2. The first kappa shape index (κ1) is 15.1. The fourth-order valence-corrected chi connectivity index (χ4v) is 3.48. The maximum atomic E-state index is 14.0. The number of halogens is 1. The second-order valence-corrected chi connectivity index (χ2v) is 6.24. The summed E-state index contributed by atoms with van der Waals surface area (Å²) in [6.45, 7) is 2.01. The molecule has 3 unspecified atom stereocenters. The van der Waals surface area contributed by atoms with E-state index in [4.69, 9.17) is 10.5 Å². The lowest BCUT2D eigenvalue weighted by atomic mass is 9.93. The third-order valence-corrected chi connectivity index (χ3v) is 4.83. The number of fused-ring (bicyclic) bond motifs is 1. The summed E-state index contributed by atoms with van der Waals surface area (Å²) in [7, 11) is 0. The van der Waals surface area contributed by atoms with E-state index in [2.05, 4.69) is 9.97 Å². The van der Waals surface area contributed by atoms with Gasteiger partial charge >= 0.3 is 0 Å². The fraction of sp³-hybridized carbons (Fsp3) is 0.333. The van der Waals surface area contributed by atoms with Crippen molar-refractivity contribution in [3.05, 3.63) is 54.2 Å². The highest BCUT2D eigenvalue weighted by atomic mass is 19.1. The number of ether oxygens (including phenoxy) is 1. The molecule has 1 saturated heterocycles. The number of rotatable bonds is 3. The number of anilines is 1. The molecule has 1 fully saturated rings. The smallest absolute Gasteiger partial charge is 0.147 e. The van der Waals surface area contributed by atoms with Crippen molar-refractivity contribution < 1.29 is 9.13 Å². The van der Waals surface area contributed by atoms with Crippen molar-refractivity contribution in [2.45, 2.75) is 38.0 Å². The van der Waals surface area contributed by atoms with E-state index in [0.29, 0.717) is 11.4 Å². The van der Waals surface area contributed by atoms with Crippen LogP contribution in [0.3, 0.4) is 0 Å². The van der Waals surface area contributed by atoms with Gasteiger partial charge in [-0.3, -0.25) is 0 Å². The Labute approximate surface area is 139 Å². The predicted molar refractivity (Wildman–Crippen MR) is 89.9 cm³/mol. The number of nitrogens with two attached hydrogens (primary N) is 1. The summed E-state index contributed by atoms with van der Waals surface area (Å²) in [5, 5.41) is 0.826. The van der Waals surface area contributed by atoms with Crippen LogP contribution in [0.15, 0.2) is 42.9 Å². The first-order valence-electron chi connectivity index (χ1n) is 8.12. The summed E-state index contributed by atoms with van der Waals surface area (Å²) in [5.74, 6) is 0.287. The summed E-state index contributed by atoms with van der Waals surface area (Å²) in [6, 6.07) is 8.80. The summed E-state index contributed by atoms with van der Waals surface area (Å²) >= 11 is 0. The molecule has 0 radical (unpaired) electrons. The number of hydrogen-bond donors (Lipinski definition) is 1. The Hall–Kier alpha value is -2.47. The van der Waals surface area contributed by atoms with Crippen molar-refractivity contribution in [2.75, 3.05) is 5.73 Å². The van der Waals surface area contributed by atoms with Crippen molar-refractivity contribution in [2.24, 2.45) is 0 Å². The standard InChI is InChI=1S/C18H19FN4O/c1-11(12-4-2-3-5-14(12)19)15-6-7-16(24-15)23-9-8-13-17(20)21-10-22-18(13)23/h2-5,8-11,15-16H,6-7H2,1H3,(H2,20,21,22). The lowest BCUT2D eigenvalue weighted by molar-refractivity contribution is -0.00603. The van der Waals surface area contributed by atoms with Gasteiger partial charge in [0.25, 0.3) is 0 Å². The van der Waals surface area contributed by atoms with E-state index in [1.165, 1.54) is 12.4 Å². The van der Waals surface area contributed by atoms with Crippen molar-refractivity contribution >= 4 is 16.9 Å². The average Bonchev–Trinajstić information content (AvgIpc) is 3.22. The van der Waals surface area contributed by atoms with Crippen LogP contribution in [0.5, 0.6) is 0 Å². The van der Waals surface area contributed by atoms with Gasteiger partial charge in [-0.1, -0.05) is 25.1 Å². The third kappa shape index (κ3) is 2.43. The molecule has 1 aliphatic heterocycles. The van der Waals surface area contributed by atoms with Crippen LogP contribution in [0.4, 0.5) is 10.2 Å². The molecule has 1 aliphatic rings. The first-order chi connectivity index (χ1) is 11.6. The number of aromatic nitrogens is 3. The molecular formula is C18H19FN4O. The van der Waals surface area contributed by atoms with E-state index in [1.54, 1.807) is 6.07 Å². The average molecular weight is 326 g/mol. The molecule has 4 rings (SSSR count). The minimum atomic E-state index is -0.177. The van der Waals surface area contributed by atoms with E-state index in [9.17, 15) is 4.39 Å². The Kier molecular flexibility index (Phi) is 3.69. The zero-order chi connectivity index (χ0) is 16.7. The Morgan fingerprint density at radius 1 is 1.25 bits per heavy atom. The molecule has 2 aromatic heterocycles. The number of nitrogens with zero attached hydrogens (tertiary/aromatic N) is 3. The van der Waals surface area contributed by atoms with Gasteiger partial charge in [0, 0.05) is 12.1 Å². The van der Waals surface area contributed by atoms with Crippen LogP contribution in [0.1, 0.15) is 37.5 Å². The van der Waals surface area contributed by atoms with Gasteiger partial charge in [-0.05, 0) is 30.5 Å². The molecule has 3 aromatic rings. The van der Waals surface area contributed by atoms with Gasteiger partial charge in [0.15, 0.2) is 0 Å². The van der Waals surface area contributed by atoms with Crippen LogP contribution >= 0.6 is 0 Å². The van der Waals surface area contributed by atoms with Crippen LogP contribution in [0.25, 0.3) is 11.0 Å². The normalized spacial score (nSPS) is 22.1. The molecule has 0 amide bonds. The van der Waals surface area contributed by atoms with Gasteiger partial charge in [-0.2, -0.15) is 0 Å². The second kappa shape index (κ2) is 5.87. The molecule has 3 heterocycles. The summed E-state index contributed by atoms with van der Waals surface area (Å²) in [6.07, 6.45) is 4.98. The SMILES string of the molecule is CC(c1ccccc1F)C1CCC(n2ccc3c(N)ncnc32)O1. The lowest BCUT2D eigenvalue weighted by Gasteiger charge is -2.21. The minimum Gasteiger partial charge on any atom is -0.383 e. The molecule has 6 heteroatoms. The van der Waals surface area contributed by atoms with Crippen molar-refractivity contribution in [3.63, 3.8) is 0 Å². The maximum Gasteiger partial charge on any atom is 0.147 e. The molecule has 1 aromatic carbocycles. The molecule has 24 heavy (non-hydrogen) atoms. The Morgan fingerprint density at radius 3 is 2.92 bits per heavy atom. The highest BCUT2D eigenvalue weighted by Gasteiger charge is 2.32. The van der Waals surface area contributed by atoms with Crippen LogP contribution in [-0.2, 0) is 4.74 Å². The van der Waals surface area contributed by atoms with Gasteiger partial charge in [0.1, 0.15) is 29.8 Å². The summed E-state index contributed by atoms with van der Waals surface area (Å²) in [4.78, 5) is 8.33. The van der Waals surface area contributed by atoms with Gasteiger partial charge in [-0.25, -0.2) is 14.4 Å². The molecule has 5 nitrogen and oxygen atoms in total. The Morgan fingerprint density at radius 2 is 2.08 bits per heavy atom.